The van der Waals surface area contributed by atoms with Crippen LogP contribution in [0.1, 0.15) is 50.8 Å². The summed E-state index contributed by atoms with van der Waals surface area (Å²) in [5, 5.41) is 12.4. The quantitative estimate of drug-likeness (QED) is 0.715. The van der Waals surface area contributed by atoms with Crippen molar-refractivity contribution in [2.24, 2.45) is 11.1 Å². The number of carbonyl (C=O) groups excluding carboxylic acids is 1. The van der Waals surface area contributed by atoms with E-state index in [2.05, 4.69) is 5.32 Å². The van der Waals surface area contributed by atoms with E-state index in [4.69, 9.17) is 5.73 Å². The maximum absolute atomic E-state index is 12.3. The van der Waals surface area contributed by atoms with Gasteiger partial charge in [-0.2, -0.15) is 0 Å². The monoisotopic (exact) mass is 278 g/mol. The van der Waals surface area contributed by atoms with Gasteiger partial charge in [0.2, 0.25) is 5.91 Å². The standard InChI is InChI=1S/C16H26N2O2/c1-4-16(5-2,11-17)15(20)18-10-13-6-8-14(9-7-13)12(3)19/h6-9,12,19H,4-5,10-11,17H2,1-3H3,(H,18,20). The summed E-state index contributed by atoms with van der Waals surface area (Å²) >= 11 is 0. The number of hydrogen-bond acceptors (Lipinski definition) is 3. The van der Waals surface area contributed by atoms with Crippen LogP contribution in [0.4, 0.5) is 0 Å². The topological polar surface area (TPSA) is 75.4 Å². The summed E-state index contributed by atoms with van der Waals surface area (Å²) < 4.78 is 0. The third-order valence-electron chi connectivity index (χ3n) is 4.14. The van der Waals surface area contributed by atoms with Crippen molar-refractivity contribution < 1.29 is 9.90 Å². The Bertz CT molecular complexity index is 414. The summed E-state index contributed by atoms with van der Waals surface area (Å²) in [5.74, 6) is 0.0182. The van der Waals surface area contributed by atoms with Crippen LogP contribution in [0, 0.1) is 5.41 Å². The number of rotatable bonds is 7. The van der Waals surface area contributed by atoms with Crippen LogP contribution in [0.5, 0.6) is 0 Å². The van der Waals surface area contributed by atoms with Gasteiger partial charge in [-0.15, -0.1) is 0 Å². The first kappa shape index (κ1) is 16.7. The Labute approximate surface area is 121 Å². The highest BCUT2D eigenvalue weighted by Crippen LogP contribution is 2.25. The van der Waals surface area contributed by atoms with E-state index in [1.165, 1.54) is 0 Å². The van der Waals surface area contributed by atoms with Gasteiger partial charge < -0.3 is 16.2 Å². The Kier molecular flexibility index (Phi) is 6.17. The number of aliphatic hydroxyl groups is 1. The fourth-order valence-electron chi connectivity index (χ4n) is 2.24. The van der Waals surface area contributed by atoms with Crippen molar-refractivity contribution in [3.63, 3.8) is 0 Å². The summed E-state index contributed by atoms with van der Waals surface area (Å²) in [6.07, 6.45) is 1.02. The number of aliphatic hydroxyl groups excluding tert-OH is 1. The van der Waals surface area contributed by atoms with E-state index in [0.717, 1.165) is 24.0 Å². The Hall–Kier alpha value is -1.39. The number of benzene rings is 1. The molecule has 0 spiro atoms. The van der Waals surface area contributed by atoms with Gasteiger partial charge in [0.05, 0.1) is 11.5 Å². The molecule has 1 aromatic rings. The zero-order chi connectivity index (χ0) is 15.2. The Morgan fingerprint density at radius 3 is 2.25 bits per heavy atom. The lowest BCUT2D eigenvalue weighted by molar-refractivity contribution is -0.131. The molecule has 1 amide bonds. The lowest BCUT2D eigenvalue weighted by Gasteiger charge is -2.28. The zero-order valence-corrected chi connectivity index (χ0v) is 12.6. The second-order valence-corrected chi connectivity index (χ2v) is 5.29. The number of hydrogen-bond donors (Lipinski definition) is 3. The average molecular weight is 278 g/mol. The number of nitrogens with two attached hydrogens (primary N) is 1. The molecule has 112 valence electrons. The van der Waals surface area contributed by atoms with Crippen LogP contribution in [0.15, 0.2) is 24.3 Å². The highest BCUT2D eigenvalue weighted by atomic mass is 16.3. The largest absolute Gasteiger partial charge is 0.389 e. The van der Waals surface area contributed by atoms with Crippen molar-refractivity contribution in [2.75, 3.05) is 6.54 Å². The van der Waals surface area contributed by atoms with Crippen LogP contribution in [0.25, 0.3) is 0 Å². The molecule has 1 rings (SSSR count). The second-order valence-electron chi connectivity index (χ2n) is 5.29. The molecule has 4 N–H and O–H groups in total. The maximum Gasteiger partial charge on any atom is 0.227 e. The molecule has 0 aliphatic heterocycles. The zero-order valence-electron chi connectivity index (χ0n) is 12.6. The predicted molar refractivity (Wildman–Crippen MR) is 81.0 cm³/mol. The molecule has 20 heavy (non-hydrogen) atoms. The normalized spacial score (nSPS) is 13.1. The van der Waals surface area contributed by atoms with Gasteiger partial charge in [-0.3, -0.25) is 4.79 Å². The van der Waals surface area contributed by atoms with Crippen molar-refractivity contribution in [3.8, 4) is 0 Å². The van der Waals surface area contributed by atoms with Crippen molar-refractivity contribution >= 4 is 5.91 Å². The van der Waals surface area contributed by atoms with E-state index in [1.54, 1.807) is 6.92 Å². The van der Waals surface area contributed by atoms with E-state index in [1.807, 2.05) is 38.1 Å². The molecule has 0 saturated heterocycles. The number of amides is 1. The molecule has 1 unspecified atom stereocenters. The summed E-state index contributed by atoms with van der Waals surface area (Å²) in [4.78, 5) is 12.3. The van der Waals surface area contributed by atoms with E-state index in [-0.39, 0.29) is 5.91 Å². The molecule has 4 heteroatoms. The highest BCUT2D eigenvalue weighted by Gasteiger charge is 2.32. The van der Waals surface area contributed by atoms with Crippen LogP contribution in [0.2, 0.25) is 0 Å². The van der Waals surface area contributed by atoms with Gasteiger partial charge in [-0.1, -0.05) is 38.1 Å². The van der Waals surface area contributed by atoms with Gasteiger partial charge in [0.15, 0.2) is 0 Å². The molecular weight excluding hydrogens is 252 g/mol. The van der Waals surface area contributed by atoms with Crippen molar-refractivity contribution in [1.82, 2.24) is 5.32 Å². The summed E-state index contributed by atoms with van der Waals surface area (Å²) in [5.41, 5.74) is 7.19. The average Bonchev–Trinajstić information content (AvgIpc) is 2.48. The minimum absolute atomic E-state index is 0.0182. The molecule has 0 aliphatic carbocycles. The van der Waals surface area contributed by atoms with Crippen molar-refractivity contribution in [3.05, 3.63) is 35.4 Å². The van der Waals surface area contributed by atoms with Gasteiger partial charge in [0.1, 0.15) is 0 Å². The first-order chi connectivity index (χ1) is 9.49. The van der Waals surface area contributed by atoms with Gasteiger partial charge >= 0.3 is 0 Å². The van der Waals surface area contributed by atoms with Crippen LogP contribution in [-0.2, 0) is 11.3 Å². The minimum Gasteiger partial charge on any atom is -0.389 e. The van der Waals surface area contributed by atoms with Crippen molar-refractivity contribution in [1.29, 1.82) is 0 Å². The summed E-state index contributed by atoms with van der Waals surface area (Å²) in [6, 6.07) is 7.60. The fourth-order valence-corrected chi connectivity index (χ4v) is 2.24. The Morgan fingerprint density at radius 1 is 1.30 bits per heavy atom. The van der Waals surface area contributed by atoms with E-state index in [0.29, 0.717) is 13.1 Å². The maximum atomic E-state index is 12.3. The van der Waals surface area contributed by atoms with Crippen LogP contribution in [0.3, 0.4) is 0 Å². The van der Waals surface area contributed by atoms with Crippen LogP contribution in [-0.4, -0.2) is 17.6 Å². The molecule has 1 atom stereocenters. The first-order valence-corrected chi connectivity index (χ1v) is 7.24. The first-order valence-electron chi connectivity index (χ1n) is 7.24. The summed E-state index contributed by atoms with van der Waals surface area (Å²) in [7, 11) is 0. The molecule has 0 saturated carbocycles. The SMILES string of the molecule is CCC(CC)(CN)C(=O)NCc1ccc(C(C)O)cc1. The lowest BCUT2D eigenvalue weighted by atomic mass is 9.81. The number of carbonyl (C=O) groups is 1. The summed E-state index contributed by atoms with van der Waals surface area (Å²) in [6.45, 7) is 6.57. The fraction of sp³-hybridized carbons (Fsp3) is 0.562. The second kappa shape index (κ2) is 7.41. The third kappa shape index (κ3) is 3.81. The van der Waals surface area contributed by atoms with Crippen LogP contribution < -0.4 is 11.1 Å². The Balaban J connectivity index is 2.64. The number of nitrogens with one attached hydrogen (secondary N) is 1. The molecular formula is C16H26N2O2. The predicted octanol–water partition coefficient (Wildman–Crippen LogP) is 2.12. The minimum atomic E-state index is -0.469. The molecule has 0 aromatic heterocycles. The molecule has 0 radical (unpaired) electrons. The Morgan fingerprint density at radius 2 is 1.85 bits per heavy atom. The van der Waals surface area contributed by atoms with Gasteiger partial charge in [0.25, 0.3) is 0 Å². The molecule has 0 fully saturated rings. The van der Waals surface area contributed by atoms with E-state index < -0.39 is 11.5 Å². The third-order valence-corrected chi connectivity index (χ3v) is 4.14. The van der Waals surface area contributed by atoms with Gasteiger partial charge in [-0.05, 0) is 30.9 Å². The molecule has 0 heterocycles. The van der Waals surface area contributed by atoms with Gasteiger partial charge in [-0.25, -0.2) is 0 Å². The molecule has 0 bridgehead atoms. The van der Waals surface area contributed by atoms with Gasteiger partial charge in [0, 0.05) is 13.1 Å². The van der Waals surface area contributed by atoms with E-state index >= 15 is 0 Å². The molecule has 1 aromatic carbocycles. The lowest BCUT2D eigenvalue weighted by Crippen LogP contribution is -2.45. The highest BCUT2D eigenvalue weighted by molar-refractivity contribution is 5.82. The molecule has 0 aliphatic rings. The van der Waals surface area contributed by atoms with Crippen molar-refractivity contribution in [2.45, 2.75) is 46.3 Å². The van der Waals surface area contributed by atoms with Crippen LogP contribution >= 0.6 is 0 Å². The molecule has 4 nitrogen and oxygen atoms in total. The van der Waals surface area contributed by atoms with E-state index in [9.17, 15) is 9.90 Å². The smallest absolute Gasteiger partial charge is 0.227 e.